The first kappa shape index (κ1) is 46.9. The van der Waals surface area contributed by atoms with E-state index in [0.29, 0.717) is 32.0 Å². The molecule has 0 spiro atoms. The number of aromatic carboxylic acids is 1. The molecule has 0 saturated carbocycles. The van der Waals surface area contributed by atoms with E-state index < -0.39 is 5.97 Å². The van der Waals surface area contributed by atoms with Crippen LogP contribution >= 0.6 is 0 Å². The molecule has 0 fully saturated rings. The van der Waals surface area contributed by atoms with E-state index in [4.69, 9.17) is 14.2 Å². The number of hydrogen-bond donors (Lipinski definition) is 2. The standard InChI is InChI=1S/C45H82O6/c1-5-9-13-17-21-23-27-31-35-39-42(49-36-32-30-26-22-18-14-10-6-2)41(46)40(45(47)48)44(51-38-34-29-25-20-16-12-8-4)43(39)50-37-33-28-24-19-15-11-7-3/h46H,5-38H2,1-4H3,(H,47,48). The van der Waals surface area contributed by atoms with E-state index in [1.54, 1.807) is 0 Å². The molecular formula is C45H82O6. The maximum Gasteiger partial charge on any atom is 0.343 e. The van der Waals surface area contributed by atoms with Gasteiger partial charge in [0.2, 0.25) is 0 Å². The summed E-state index contributed by atoms with van der Waals surface area (Å²) in [5.74, 6) is -0.570. The lowest BCUT2D eigenvalue weighted by atomic mass is 9.99. The fourth-order valence-corrected chi connectivity index (χ4v) is 6.90. The Morgan fingerprint density at radius 2 is 0.706 bits per heavy atom. The zero-order chi connectivity index (χ0) is 37.2. The normalized spacial score (nSPS) is 11.3. The number of carboxylic acid groups (broad SMARTS) is 1. The van der Waals surface area contributed by atoms with E-state index in [1.807, 2.05) is 0 Å². The molecule has 0 unspecified atom stereocenters. The van der Waals surface area contributed by atoms with E-state index in [0.717, 1.165) is 63.4 Å². The number of hydrogen-bond acceptors (Lipinski definition) is 5. The van der Waals surface area contributed by atoms with E-state index >= 15 is 0 Å². The molecule has 1 rings (SSSR count). The van der Waals surface area contributed by atoms with Crippen molar-refractivity contribution in [3.8, 4) is 23.0 Å². The van der Waals surface area contributed by atoms with Gasteiger partial charge < -0.3 is 24.4 Å². The molecule has 51 heavy (non-hydrogen) atoms. The molecule has 2 N–H and O–H groups in total. The van der Waals surface area contributed by atoms with Crippen molar-refractivity contribution < 1.29 is 29.2 Å². The van der Waals surface area contributed by atoms with Crippen LogP contribution < -0.4 is 14.2 Å². The fourth-order valence-electron chi connectivity index (χ4n) is 6.90. The van der Waals surface area contributed by atoms with Crippen molar-refractivity contribution in [3.05, 3.63) is 11.1 Å². The highest BCUT2D eigenvalue weighted by molar-refractivity contribution is 5.97. The van der Waals surface area contributed by atoms with E-state index in [9.17, 15) is 15.0 Å². The number of rotatable bonds is 38. The van der Waals surface area contributed by atoms with E-state index in [2.05, 4.69) is 27.7 Å². The number of carbonyl (C=O) groups is 1. The molecule has 0 aliphatic heterocycles. The number of aromatic hydroxyl groups is 1. The quantitative estimate of drug-likeness (QED) is 0.0662. The molecule has 0 amide bonds. The maximum absolute atomic E-state index is 12.8. The van der Waals surface area contributed by atoms with Crippen molar-refractivity contribution in [3.63, 3.8) is 0 Å². The second kappa shape index (κ2) is 33.7. The van der Waals surface area contributed by atoms with Gasteiger partial charge in [0, 0.05) is 5.56 Å². The summed E-state index contributed by atoms with van der Waals surface area (Å²) in [6, 6.07) is 0. The molecule has 0 heterocycles. The summed E-state index contributed by atoms with van der Waals surface area (Å²) in [6.07, 6.45) is 35.9. The molecule has 0 atom stereocenters. The van der Waals surface area contributed by atoms with Gasteiger partial charge in [0.05, 0.1) is 19.8 Å². The summed E-state index contributed by atoms with van der Waals surface area (Å²) in [4.78, 5) is 12.8. The second-order valence-corrected chi connectivity index (χ2v) is 15.0. The predicted molar refractivity (Wildman–Crippen MR) is 216 cm³/mol. The van der Waals surface area contributed by atoms with Crippen molar-refractivity contribution in [2.24, 2.45) is 0 Å². The van der Waals surface area contributed by atoms with Crippen LogP contribution in [0.2, 0.25) is 0 Å². The second-order valence-electron chi connectivity index (χ2n) is 15.0. The number of benzene rings is 1. The van der Waals surface area contributed by atoms with Gasteiger partial charge in [-0.3, -0.25) is 0 Å². The summed E-state index contributed by atoms with van der Waals surface area (Å²) < 4.78 is 19.2. The van der Waals surface area contributed by atoms with Crippen LogP contribution in [0.15, 0.2) is 0 Å². The summed E-state index contributed by atoms with van der Waals surface area (Å²) >= 11 is 0. The molecule has 0 bridgehead atoms. The molecule has 0 aliphatic carbocycles. The van der Waals surface area contributed by atoms with Gasteiger partial charge in [-0.2, -0.15) is 0 Å². The molecule has 0 aliphatic rings. The van der Waals surface area contributed by atoms with Crippen LogP contribution in [0.5, 0.6) is 23.0 Å². The molecule has 6 nitrogen and oxygen atoms in total. The molecule has 1 aromatic carbocycles. The first-order valence-electron chi connectivity index (χ1n) is 22.1. The lowest BCUT2D eigenvalue weighted by molar-refractivity contribution is 0.0686. The Kier molecular flexibility index (Phi) is 31.0. The molecule has 0 radical (unpaired) electrons. The summed E-state index contributed by atoms with van der Waals surface area (Å²) in [5, 5.41) is 22.0. The Morgan fingerprint density at radius 3 is 1.06 bits per heavy atom. The van der Waals surface area contributed by atoms with Crippen LogP contribution in [0.25, 0.3) is 0 Å². The van der Waals surface area contributed by atoms with Crippen molar-refractivity contribution in [2.45, 2.75) is 227 Å². The zero-order valence-electron chi connectivity index (χ0n) is 34.1. The Bertz CT molecular complexity index is 961. The highest BCUT2D eigenvalue weighted by Gasteiger charge is 2.31. The molecule has 6 heteroatoms. The van der Waals surface area contributed by atoms with Crippen LogP contribution in [-0.2, 0) is 6.42 Å². The third-order valence-electron chi connectivity index (χ3n) is 10.2. The lowest BCUT2D eigenvalue weighted by Crippen LogP contribution is -2.13. The topological polar surface area (TPSA) is 85.2 Å². The largest absolute Gasteiger partial charge is 0.504 e. The summed E-state index contributed by atoms with van der Waals surface area (Å²) in [7, 11) is 0. The Morgan fingerprint density at radius 1 is 0.412 bits per heavy atom. The highest BCUT2D eigenvalue weighted by atomic mass is 16.5. The Labute approximate surface area is 315 Å². The van der Waals surface area contributed by atoms with Gasteiger partial charge in [-0.15, -0.1) is 0 Å². The van der Waals surface area contributed by atoms with Gasteiger partial charge >= 0.3 is 5.97 Å². The van der Waals surface area contributed by atoms with Gasteiger partial charge in [-0.25, -0.2) is 4.79 Å². The SMILES string of the molecule is CCCCCCCCCCOc1c(O)c(C(=O)O)c(OCCCCCCCCC)c(OCCCCCCCCC)c1CCCCCCCCCC. The predicted octanol–water partition coefficient (Wildman–Crippen LogP) is 14.6. The van der Waals surface area contributed by atoms with Gasteiger partial charge in [-0.1, -0.05) is 195 Å². The molecule has 0 saturated heterocycles. The van der Waals surface area contributed by atoms with Crippen LogP contribution in [0, 0.1) is 0 Å². The van der Waals surface area contributed by atoms with E-state index in [1.165, 1.54) is 135 Å². The average Bonchev–Trinajstić information content (AvgIpc) is 3.12. The molecule has 0 aromatic heterocycles. The number of carboxylic acids is 1. The molecule has 298 valence electrons. The van der Waals surface area contributed by atoms with Crippen LogP contribution in [0.3, 0.4) is 0 Å². The van der Waals surface area contributed by atoms with Gasteiger partial charge in [0.25, 0.3) is 0 Å². The third kappa shape index (κ3) is 22.5. The number of unbranched alkanes of at least 4 members (excludes halogenated alkanes) is 26. The monoisotopic (exact) mass is 719 g/mol. The maximum atomic E-state index is 12.8. The average molecular weight is 719 g/mol. The highest BCUT2D eigenvalue weighted by Crippen LogP contribution is 2.49. The molecular weight excluding hydrogens is 636 g/mol. The Balaban J connectivity index is 3.22. The third-order valence-corrected chi connectivity index (χ3v) is 10.2. The fraction of sp³-hybridized carbons (Fsp3) is 0.844. The molecule has 1 aromatic rings. The van der Waals surface area contributed by atoms with Crippen molar-refractivity contribution in [1.82, 2.24) is 0 Å². The minimum atomic E-state index is -1.21. The first-order chi connectivity index (χ1) is 25.0. The van der Waals surface area contributed by atoms with Gasteiger partial charge in [-0.05, 0) is 32.1 Å². The van der Waals surface area contributed by atoms with Crippen LogP contribution in [-0.4, -0.2) is 36.0 Å². The van der Waals surface area contributed by atoms with Crippen LogP contribution in [0.4, 0.5) is 0 Å². The van der Waals surface area contributed by atoms with Crippen molar-refractivity contribution in [1.29, 1.82) is 0 Å². The minimum Gasteiger partial charge on any atom is -0.504 e. The number of phenols is 1. The number of ether oxygens (including phenoxy) is 3. The smallest absolute Gasteiger partial charge is 0.343 e. The summed E-state index contributed by atoms with van der Waals surface area (Å²) in [6.45, 7) is 10.3. The summed E-state index contributed by atoms with van der Waals surface area (Å²) in [5.41, 5.74) is 0.554. The zero-order valence-corrected chi connectivity index (χ0v) is 34.1. The minimum absolute atomic E-state index is 0.183. The van der Waals surface area contributed by atoms with Crippen LogP contribution in [0.1, 0.15) is 236 Å². The first-order valence-corrected chi connectivity index (χ1v) is 22.1. The van der Waals surface area contributed by atoms with Gasteiger partial charge in [0.1, 0.15) is 0 Å². The van der Waals surface area contributed by atoms with Crippen molar-refractivity contribution in [2.75, 3.05) is 19.8 Å². The van der Waals surface area contributed by atoms with E-state index in [-0.39, 0.29) is 22.8 Å². The van der Waals surface area contributed by atoms with Crippen molar-refractivity contribution >= 4 is 5.97 Å². The lowest BCUT2D eigenvalue weighted by Gasteiger charge is -2.23. The van der Waals surface area contributed by atoms with Gasteiger partial charge in [0.15, 0.2) is 28.6 Å². The Hall–Kier alpha value is -2.11.